The number of esters is 1. The van der Waals surface area contributed by atoms with Crippen LogP contribution in [0.15, 0.2) is 80.2 Å². The topological polar surface area (TPSA) is 120 Å². The van der Waals surface area contributed by atoms with E-state index in [-0.39, 0.29) is 24.5 Å². The van der Waals surface area contributed by atoms with E-state index in [4.69, 9.17) is 14.7 Å². The smallest absolute Gasteiger partial charge is 0.338 e. The molecule has 5 heterocycles. The molecule has 2 aromatic heterocycles. The summed E-state index contributed by atoms with van der Waals surface area (Å²) < 4.78 is 20.1. The van der Waals surface area contributed by atoms with Crippen LogP contribution in [-0.4, -0.2) is 88.8 Å². The zero-order chi connectivity index (χ0) is 34.2. The van der Waals surface area contributed by atoms with Crippen LogP contribution >= 0.6 is 38.6 Å². The van der Waals surface area contributed by atoms with Gasteiger partial charge in [-0.05, 0) is 31.5 Å². The molecule has 0 unspecified atom stereocenters. The third-order valence-corrected chi connectivity index (χ3v) is 11.0. The molecule has 0 saturated carbocycles. The summed E-state index contributed by atoms with van der Waals surface area (Å²) >= 11 is 6.31. The average molecular weight is 765 g/mol. The Hall–Kier alpha value is -4.31. The Bertz CT molecular complexity index is 1980. The van der Waals surface area contributed by atoms with Crippen LogP contribution in [0.3, 0.4) is 0 Å². The first-order chi connectivity index (χ1) is 23.7. The van der Waals surface area contributed by atoms with E-state index in [0.29, 0.717) is 75.6 Å². The lowest BCUT2D eigenvalue weighted by atomic mass is 9.95. The van der Waals surface area contributed by atoms with Gasteiger partial charge in [-0.2, -0.15) is 0 Å². The number of amides is 2. The van der Waals surface area contributed by atoms with Gasteiger partial charge in [0.15, 0.2) is 21.8 Å². The van der Waals surface area contributed by atoms with Gasteiger partial charge in [0.2, 0.25) is 0 Å². The van der Waals surface area contributed by atoms with Crippen LogP contribution in [0.5, 0.6) is 0 Å². The molecular weight excluding hydrogens is 733 g/mol. The van der Waals surface area contributed by atoms with Gasteiger partial charge in [-0.1, -0.05) is 46.3 Å². The second-order valence-electron chi connectivity index (χ2n) is 11.7. The number of benzene rings is 2. The molecule has 0 aliphatic carbocycles. The number of Topliss-reactive ketones (excluding diaryl/α,β-unsaturated/α-hetero) is 1. The Morgan fingerprint density at radius 3 is 2.65 bits per heavy atom. The van der Waals surface area contributed by atoms with Crippen molar-refractivity contribution in [3.63, 3.8) is 0 Å². The molecular formula is C34H31BrFN7O4S2. The minimum Gasteiger partial charge on any atom is -0.463 e. The molecule has 2 fully saturated rings. The minimum absolute atomic E-state index is 0.000381. The fourth-order valence-corrected chi connectivity index (χ4v) is 8.25. The van der Waals surface area contributed by atoms with Crippen LogP contribution in [0.4, 0.5) is 14.3 Å². The van der Waals surface area contributed by atoms with Gasteiger partial charge >= 0.3 is 12.0 Å². The highest BCUT2D eigenvalue weighted by Crippen LogP contribution is 2.38. The van der Waals surface area contributed by atoms with Gasteiger partial charge in [0.05, 0.1) is 30.5 Å². The summed E-state index contributed by atoms with van der Waals surface area (Å²) in [5, 5.41) is 8.43. The Labute approximate surface area is 298 Å². The van der Waals surface area contributed by atoms with Gasteiger partial charge in [0.1, 0.15) is 11.9 Å². The number of amidine groups is 1. The summed E-state index contributed by atoms with van der Waals surface area (Å²) in [5.74, 6) is -0.411. The van der Waals surface area contributed by atoms with Crippen LogP contribution in [0.1, 0.15) is 40.8 Å². The maximum Gasteiger partial charge on any atom is 0.338 e. The number of piperazine rings is 1. The number of anilines is 1. The summed E-state index contributed by atoms with van der Waals surface area (Å²) in [7, 11) is 0. The van der Waals surface area contributed by atoms with Crippen molar-refractivity contribution in [2.75, 3.05) is 44.2 Å². The van der Waals surface area contributed by atoms with Gasteiger partial charge < -0.3 is 15.0 Å². The fourth-order valence-electron chi connectivity index (χ4n) is 6.26. The van der Waals surface area contributed by atoms with Crippen molar-refractivity contribution in [2.45, 2.75) is 25.9 Å². The molecule has 2 saturated heterocycles. The van der Waals surface area contributed by atoms with Gasteiger partial charge in [-0.15, -0.1) is 22.7 Å². The quantitative estimate of drug-likeness (QED) is 0.165. The van der Waals surface area contributed by atoms with Crippen molar-refractivity contribution in [1.82, 2.24) is 25.1 Å². The second-order valence-corrected chi connectivity index (χ2v) is 14.3. The highest BCUT2D eigenvalue weighted by atomic mass is 79.9. The molecule has 4 aromatic rings. The first kappa shape index (κ1) is 33.2. The number of hydrogen-bond donors (Lipinski definition) is 1. The SMILES string of the molecule is CCOC(=O)C1=C(CN2CCN3C(=O)N(c4nc(-c5ccc(C(C)=O)cc5)cs4)C[C@@H]3C2)NC(c2nccs2)=N[C@H]1c1ccc(F)cc1Br. The van der Waals surface area contributed by atoms with Crippen molar-refractivity contribution in [1.29, 1.82) is 0 Å². The van der Waals surface area contributed by atoms with Crippen molar-refractivity contribution < 1.29 is 23.5 Å². The molecule has 11 nitrogen and oxygen atoms in total. The molecule has 2 aromatic carbocycles. The van der Waals surface area contributed by atoms with E-state index in [0.717, 1.165) is 11.3 Å². The minimum atomic E-state index is -0.772. The summed E-state index contributed by atoms with van der Waals surface area (Å²) in [4.78, 5) is 58.8. The first-order valence-electron chi connectivity index (χ1n) is 15.7. The van der Waals surface area contributed by atoms with Crippen LogP contribution in [0.25, 0.3) is 11.3 Å². The summed E-state index contributed by atoms with van der Waals surface area (Å²) in [5.41, 5.74) is 3.84. The highest BCUT2D eigenvalue weighted by molar-refractivity contribution is 9.10. The fraction of sp³-hybridized carbons (Fsp3) is 0.294. The predicted octanol–water partition coefficient (Wildman–Crippen LogP) is 5.91. The van der Waals surface area contributed by atoms with Crippen LogP contribution < -0.4 is 10.2 Å². The van der Waals surface area contributed by atoms with Crippen molar-refractivity contribution in [3.8, 4) is 11.3 Å². The Balaban J connectivity index is 1.14. The number of fused-ring (bicyclic) bond motifs is 1. The monoisotopic (exact) mass is 763 g/mol. The van der Waals surface area contributed by atoms with E-state index in [9.17, 15) is 18.8 Å². The number of ketones is 1. The number of halogens is 2. The van der Waals surface area contributed by atoms with E-state index in [1.807, 2.05) is 27.8 Å². The number of thiazole rings is 2. The Morgan fingerprint density at radius 1 is 1.12 bits per heavy atom. The molecule has 3 aliphatic heterocycles. The number of ether oxygens (including phenoxy) is 1. The lowest BCUT2D eigenvalue weighted by molar-refractivity contribution is -0.139. The average Bonchev–Trinajstić information content (AvgIpc) is 3.86. The normalized spacial score (nSPS) is 19.5. The van der Waals surface area contributed by atoms with Gasteiger partial charge in [-0.3, -0.25) is 19.6 Å². The Morgan fingerprint density at radius 2 is 1.94 bits per heavy atom. The van der Waals surface area contributed by atoms with E-state index < -0.39 is 17.8 Å². The van der Waals surface area contributed by atoms with E-state index in [1.165, 1.54) is 41.7 Å². The number of aromatic nitrogens is 2. The Kier molecular flexibility index (Phi) is 9.42. The van der Waals surface area contributed by atoms with Gasteiger partial charge in [-0.25, -0.2) is 23.9 Å². The molecule has 3 aliphatic rings. The molecule has 0 radical (unpaired) electrons. The third kappa shape index (κ3) is 6.67. The van der Waals surface area contributed by atoms with Crippen molar-refractivity contribution in [2.24, 2.45) is 4.99 Å². The molecule has 2 atom stereocenters. The second kappa shape index (κ2) is 13.9. The van der Waals surface area contributed by atoms with E-state index in [2.05, 4.69) is 31.1 Å². The highest BCUT2D eigenvalue weighted by Gasteiger charge is 2.43. The molecule has 2 amide bonds. The van der Waals surface area contributed by atoms with Crippen LogP contribution in [0.2, 0.25) is 0 Å². The molecule has 7 rings (SSSR count). The molecule has 49 heavy (non-hydrogen) atoms. The van der Waals surface area contributed by atoms with Crippen molar-refractivity contribution >= 4 is 67.4 Å². The number of aliphatic imine (C=N–C) groups is 1. The molecule has 15 heteroatoms. The van der Waals surface area contributed by atoms with Gasteiger partial charge in [0, 0.05) is 64.4 Å². The lowest BCUT2D eigenvalue weighted by Crippen LogP contribution is -2.53. The summed E-state index contributed by atoms with van der Waals surface area (Å²) in [6.45, 7) is 5.96. The number of nitrogens with one attached hydrogen (secondary N) is 1. The van der Waals surface area contributed by atoms with Crippen molar-refractivity contribution in [3.05, 3.63) is 97.1 Å². The number of carbonyl (C=O) groups excluding carboxylic acids is 3. The third-order valence-electron chi connectivity index (χ3n) is 8.64. The molecule has 0 spiro atoms. The molecule has 0 bridgehead atoms. The lowest BCUT2D eigenvalue weighted by Gasteiger charge is -2.38. The number of nitrogens with zero attached hydrogens (tertiary/aromatic N) is 6. The molecule has 1 N–H and O–H groups in total. The maximum atomic E-state index is 14.1. The zero-order valence-corrected chi connectivity index (χ0v) is 29.8. The van der Waals surface area contributed by atoms with Crippen LogP contribution in [0, 0.1) is 5.82 Å². The number of urea groups is 1. The summed E-state index contributed by atoms with van der Waals surface area (Å²) in [6, 6.07) is 10.7. The zero-order valence-electron chi connectivity index (χ0n) is 26.6. The number of hydrogen-bond acceptors (Lipinski definition) is 11. The number of carbonyl (C=O) groups is 3. The maximum absolute atomic E-state index is 14.1. The first-order valence-corrected chi connectivity index (χ1v) is 18.2. The van der Waals surface area contributed by atoms with E-state index >= 15 is 0 Å². The molecule has 252 valence electrons. The standard InChI is InChI=1S/C34H31BrFN7O4S2/c1-3-47-32(45)28-26(38-30(31-37-10-13-48-31)40-29(28)24-9-8-22(36)14-25(24)35)17-41-11-12-42-23(15-41)16-43(34(42)46)33-39-27(18-49-33)21-6-4-20(5-7-21)19(2)44/h4-10,13-14,18,23,29H,3,11-12,15-17H2,1-2H3,(H,38,40)/t23-,29-/m0/s1. The predicted molar refractivity (Wildman–Crippen MR) is 190 cm³/mol. The van der Waals surface area contributed by atoms with Gasteiger partial charge in [0.25, 0.3) is 0 Å². The largest absolute Gasteiger partial charge is 0.463 e. The number of rotatable bonds is 9. The summed E-state index contributed by atoms with van der Waals surface area (Å²) in [6.07, 6.45) is 1.69. The van der Waals surface area contributed by atoms with E-state index in [1.54, 1.807) is 36.2 Å². The van der Waals surface area contributed by atoms with Crippen LogP contribution in [-0.2, 0) is 9.53 Å².